The number of carbonyl (C=O) groups is 3. The van der Waals surface area contributed by atoms with Crippen molar-refractivity contribution >= 4 is 52.5 Å². The highest BCUT2D eigenvalue weighted by atomic mass is 35.5. The largest absolute Gasteiger partial charge is 0.396 e. The number of nitrogens with one attached hydrogen (secondary N) is 2. The first kappa shape index (κ1) is 23.2. The molecule has 2 aromatic carbocycles. The molecule has 0 saturated carbocycles. The molecule has 34 heavy (non-hydrogen) atoms. The topological polar surface area (TPSA) is 98.7 Å². The Kier molecular flexibility index (Phi) is 6.31. The van der Waals surface area contributed by atoms with Gasteiger partial charge in [0.25, 0.3) is 0 Å². The predicted octanol–water partition coefficient (Wildman–Crippen LogP) is 3.39. The van der Waals surface area contributed by atoms with Crippen LogP contribution >= 0.6 is 23.4 Å². The molecule has 5 atom stereocenters. The Hall–Kier alpha value is -2.55. The lowest BCUT2D eigenvalue weighted by molar-refractivity contribution is -0.138. The van der Waals surface area contributed by atoms with Crippen LogP contribution in [0.25, 0.3) is 0 Å². The van der Waals surface area contributed by atoms with E-state index in [9.17, 15) is 19.5 Å². The molecule has 5 rings (SSSR count). The van der Waals surface area contributed by atoms with Gasteiger partial charge in [0.2, 0.25) is 17.7 Å². The third-order valence-corrected chi connectivity index (χ3v) is 9.27. The quantitative estimate of drug-likeness (QED) is 0.542. The molecule has 3 fully saturated rings. The normalized spacial score (nSPS) is 29.2. The lowest BCUT2D eigenvalue weighted by Gasteiger charge is -2.34. The minimum absolute atomic E-state index is 0.0107. The molecular weight excluding hydrogens is 474 g/mol. The molecule has 178 valence electrons. The fourth-order valence-electron chi connectivity index (χ4n) is 5.73. The Bertz CT molecular complexity index is 1100. The number of fused-ring (bicyclic) bond motifs is 1. The summed E-state index contributed by atoms with van der Waals surface area (Å²) >= 11 is 7.59. The highest BCUT2D eigenvalue weighted by Gasteiger charge is 2.73. The molecule has 3 amide bonds. The summed E-state index contributed by atoms with van der Waals surface area (Å²) < 4.78 is -0.660. The SMILES string of the molecule is O=C(Nc1ccc(Cl)cc1)C1N(CCCO)C(=O)[C@@H]2[C@@H](C(=O)Nc3ccccc3)[C@H]3CCC12S3. The van der Waals surface area contributed by atoms with Crippen LogP contribution in [0.5, 0.6) is 0 Å². The van der Waals surface area contributed by atoms with Gasteiger partial charge < -0.3 is 20.6 Å². The molecule has 3 aliphatic rings. The van der Waals surface area contributed by atoms with Gasteiger partial charge in [0, 0.05) is 34.8 Å². The van der Waals surface area contributed by atoms with Crippen molar-refractivity contribution in [2.75, 3.05) is 23.8 Å². The van der Waals surface area contributed by atoms with E-state index in [0.29, 0.717) is 29.2 Å². The molecule has 3 saturated heterocycles. The zero-order valence-corrected chi connectivity index (χ0v) is 20.0. The van der Waals surface area contributed by atoms with Crippen molar-refractivity contribution in [3.63, 3.8) is 0 Å². The van der Waals surface area contributed by atoms with Crippen LogP contribution in [0.1, 0.15) is 19.3 Å². The average Bonchev–Trinajstić information content (AvgIpc) is 3.47. The number of anilines is 2. The Labute approximate surface area is 207 Å². The second kappa shape index (κ2) is 9.24. The van der Waals surface area contributed by atoms with E-state index in [2.05, 4.69) is 10.6 Å². The summed E-state index contributed by atoms with van der Waals surface area (Å²) in [4.78, 5) is 42.3. The van der Waals surface area contributed by atoms with Gasteiger partial charge in [-0.05, 0) is 55.7 Å². The van der Waals surface area contributed by atoms with Crippen molar-refractivity contribution in [2.24, 2.45) is 11.8 Å². The Morgan fingerprint density at radius 2 is 1.74 bits per heavy atom. The summed E-state index contributed by atoms with van der Waals surface area (Å²) in [5.74, 6) is -1.69. The van der Waals surface area contributed by atoms with Crippen LogP contribution in [0, 0.1) is 11.8 Å². The molecule has 2 aromatic rings. The number of likely N-dealkylation sites (tertiary alicyclic amines) is 1. The number of amides is 3. The summed E-state index contributed by atoms with van der Waals surface area (Å²) in [6, 6.07) is 15.3. The van der Waals surface area contributed by atoms with Gasteiger partial charge >= 0.3 is 0 Å². The molecular formula is C25H26ClN3O4S. The molecule has 0 aromatic heterocycles. The molecule has 0 radical (unpaired) electrons. The number of aliphatic hydroxyl groups is 1. The van der Waals surface area contributed by atoms with E-state index in [4.69, 9.17) is 11.6 Å². The van der Waals surface area contributed by atoms with Crippen LogP contribution in [0.2, 0.25) is 5.02 Å². The number of nitrogens with zero attached hydrogens (tertiary/aromatic N) is 1. The Morgan fingerprint density at radius 3 is 2.44 bits per heavy atom. The predicted molar refractivity (Wildman–Crippen MR) is 133 cm³/mol. The van der Waals surface area contributed by atoms with Gasteiger partial charge in [-0.2, -0.15) is 0 Å². The molecule has 0 aliphatic carbocycles. The van der Waals surface area contributed by atoms with Gasteiger partial charge in [0.1, 0.15) is 6.04 Å². The maximum absolute atomic E-state index is 13.7. The zero-order chi connectivity index (χ0) is 23.9. The van der Waals surface area contributed by atoms with Gasteiger partial charge in [-0.25, -0.2) is 0 Å². The monoisotopic (exact) mass is 499 g/mol. The van der Waals surface area contributed by atoms with Crippen LogP contribution in [-0.4, -0.2) is 56.9 Å². The van der Waals surface area contributed by atoms with Crippen LogP contribution in [-0.2, 0) is 14.4 Å². The van der Waals surface area contributed by atoms with E-state index < -0.39 is 22.6 Å². The number of aliphatic hydroxyl groups excluding tert-OH is 1. The summed E-state index contributed by atoms with van der Waals surface area (Å²) in [7, 11) is 0. The first-order valence-corrected chi connectivity index (χ1v) is 12.7. The smallest absolute Gasteiger partial charge is 0.248 e. The maximum Gasteiger partial charge on any atom is 0.248 e. The fourth-order valence-corrected chi connectivity index (χ4v) is 8.07. The van der Waals surface area contributed by atoms with Crippen LogP contribution in [0.15, 0.2) is 54.6 Å². The molecule has 7 nitrogen and oxygen atoms in total. The average molecular weight is 500 g/mol. The first-order chi connectivity index (χ1) is 16.4. The van der Waals surface area contributed by atoms with E-state index in [1.165, 1.54) is 0 Å². The lowest BCUT2D eigenvalue weighted by Crippen LogP contribution is -2.51. The first-order valence-electron chi connectivity index (χ1n) is 11.5. The zero-order valence-electron chi connectivity index (χ0n) is 18.4. The molecule has 9 heteroatoms. The van der Waals surface area contributed by atoms with Crippen molar-refractivity contribution in [1.29, 1.82) is 0 Å². The van der Waals surface area contributed by atoms with Crippen LogP contribution in [0.4, 0.5) is 11.4 Å². The number of benzene rings is 2. The number of hydrogen-bond acceptors (Lipinski definition) is 5. The second-order valence-corrected chi connectivity index (χ2v) is 11.1. The number of halogens is 1. The second-order valence-electron chi connectivity index (χ2n) is 9.02. The van der Waals surface area contributed by atoms with Crippen molar-refractivity contribution in [3.05, 3.63) is 59.6 Å². The standard InChI is InChI=1S/C25H26ClN3O4S/c26-15-7-9-17(10-8-15)28-23(32)21-25-12-11-18(34-25)19(20(25)24(33)29(21)13-4-14-30)22(31)27-16-5-2-1-3-6-16/h1-3,5-10,18-21,30H,4,11-14H2,(H,27,31)(H,28,32)/t18-,19+,20+,21?,25?/m1/s1. The number of para-hydroxylation sites is 1. The van der Waals surface area contributed by atoms with Gasteiger partial charge in [0.05, 0.1) is 16.6 Å². The van der Waals surface area contributed by atoms with E-state index in [-0.39, 0.29) is 36.1 Å². The number of rotatable bonds is 7. The minimum Gasteiger partial charge on any atom is -0.396 e. The molecule has 1 spiro atoms. The van der Waals surface area contributed by atoms with E-state index in [0.717, 1.165) is 6.42 Å². The fraction of sp³-hybridized carbons (Fsp3) is 0.400. The van der Waals surface area contributed by atoms with E-state index in [1.807, 2.05) is 30.3 Å². The third kappa shape index (κ3) is 3.87. The van der Waals surface area contributed by atoms with Crippen LogP contribution in [0.3, 0.4) is 0 Å². The van der Waals surface area contributed by atoms with Crippen molar-refractivity contribution in [3.8, 4) is 0 Å². The summed E-state index contributed by atoms with van der Waals surface area (Å²) in [6.45, 7) is 0.186. The lowest BCUT2D eigenvalue weighted by atomic mass is 9.70. The molecule has 3 aliphatic heterocycles. The Morgan fingerprint density at radius 1 is 1.06 bits per heavy atom. The minimum atomic E-state index is -0.711. The van der Waals surface area contributed by atoms with Gasteiger partial charge in [0.15, 0.2) is 0 Å². The number of carbonyl (C=O) groups excluding carboxylic acids is 3. The maximum atomic E-state index is 13.7. The number of hydrogen-bond donors (Lipinski definition) is 3. The summed E-state index contributed by atoms with van der Waals surface area (Å²) in [5.41, 5.74) is 1.29. The highest BCUT2D eigenvalue weighted by molar-refractivity contribution is 8.02. The third-order valence-electron chi connectivity index (χ3n) is 7.06. The van der Waals surface area contributed by atoms with Gasteiger partial charge in [-0.15, -0.1) is 11.8 Å². The number of thioether (sulfide) groups is 1. The molecule has 3 heterocycles. The summed E-state index contributed by atoms with van der Waals surface area (Å²) in [6.07, 6.45) is 1.84. The molecule has 2 bridgehead atoms. The molecule has 3 N–H and O–H groups in total. The summed E-state index contributed by atoms with van der Waals surface area (Å²) in [5, 5.41) is 15.9. The van der Waals surface area contributed by atoms with Crippen molar-refractivity contribution in [2.45, 2.75) is 35.3 Å². The van der Waals surface area contributed by atoms with Crippen LogP contribution < -0.4 is 10.6 Å². The highest BCUT2D eigenvalue weighted by Crippen LogP contribution is 2.66. The van der Waals surface area contributed by atoms with Crippen molar-refractivity contribution < 1.29 is 19.5 Å². The van der Waals surface area contributed by atoms with Crippen molar-refractivity contribution in [1.82, 2.24) is 4.90 Å². The van der Waals surface area contributed by atoms with E-state index in [1.54, 1.807) is 40.9 Å². The van der Waals surface area contributed by atoms with Gasteiger partial charge in [-0.1, -0.05) is 29.8 Å². The van der Waals surface area contributed by atoms with E-state index >= 15 is 0 Å². The molecule has 2 unspecified atom stereocenters. The Balaban J connectivity index is 1.45. The van der Waals surface area contributed by atoms with Gasteiger partial charge in [-0.3, -0.25) is 14.4 Å².